The second-order valence-electron chi connectivity index (χ2n) is 4.38. The smallest absolute Gasteiger partial charge is 0.366 e. The Bertz CT molecular complexity index is 635. The molecule has 2 rings (SSSR count). The van der Waals surface area contributed by atoms with Crippen molar-refractivity contribution in [2.45, 2.75) is 13.1 Å². The van der Waals surface area contributed by atoms with Crippen molar-refractivity contribution in [3.05, 3.63) is 52.0 Å². The highest BCUT2D eigenvalue weighted by Gasteiger charge is 2.22. The number of nitrogens with zero attached hydrogens (tertiary/aromatic N) is 2. The highest BCUT2D eigenvalue weighted by Crippen LogP contribution is 2.07. The van der Waals surface area contributed by atoms with Crippen LogP contribution in [0.3, 0.4) is 0 Å². The Morgan fingerprint density at radius 1 is 1.40 bits per heavy atom. The second-order valence-corrected chi connectivity index (χ2v) is 4.77. The monoisotopic (exact) mass is 293 g/mol. The Hall–Kier alpha value is -2.15. The molecular formula is C13H17N4O2S+. The number of aromatic nitrogens is 2. The van der Waals surface area contributed by atoms with Crippen molar-refractivity contribution in [3.63, 3.8) is 0 Å². The molecule has 1 heterocycles. The minimum absolute atomic E-state index is 0.372. The summed E-state index contributed by atoms with van der Waals surface area (Å²) in [7, 11) is 3.49. The summed E-state index contributed by atoms with van der Waals surface area (Å²) in [5.41, 5.74) is 1.25. The molecule has 1 aromatic heterocycles. The first-order valence-corrected chi connectivity index (χ1v) is 6.59. The number of aromatic amines is 1. The molecule has 0 bridgehead atoms. The van der Waals surface area contributed by atoms with Gasteiger partial charge in [-0.25, -0.2) is 4.79 Å². The van der Waals surface area contributed by atoms with Crippen LogP contribution in [0.1, 0.15) is 11.3 Å². The normalized spacial score (nSPS) is 10.3. The first kappa shape index (κ1) is 14.3. The molecule has 2 N–H and O–H groups in total. The maximum absolute atomic E-state index is 11.6. The average molecular weight is 293 g/mol. The molecule has 0 aliphatic rings. The number of hydrogen-bond acceptors (Lipinski definition) is 3. The maximum atomic E-state index is 11.6. The van der Waals surface area contributed by atoms with Gasteiger partial charge in [-0.15, -0.1) is 0 Å². The summed E-state index contributed by atoms with van der Waals surface area (Å²) in [4.78, 5) is 13.5. The summed E-state index contributed by atoms with van der Waals surface area (Å²) in [5, 5.41) is 6.02. The lowest BCUT2D eigenvalue weighted by molar-refractivity contribution is -0.746. The van der Waals surface area contributed by atoms with Gasteiger partial charge in [0.05, 0.1) is 0 Å². The van der Waals surface area contributed by atoms with Gasteiger partial charge in [0.1, 0.15) is 6.54 Å². The molecule has 0 unspecified atom stereocenters. The zero-order valence-corrected chi connectivity index (χ0v) is 12.2. The predicted octanol–water partition coefficient (Wildman–Crippen LogP) is 0.299. The molecule has 6 nitrogen and oxygen atoms in total. The van der Waals surface area contributed by atoms with Crippen molar-refractivity contribution in [2.24, 2.45) is 7.05 Å². The molecular weight excluding hydrogens is 276 g/mol. The number of nitrogens with one attached hydrogen (secondary N) is 2. The van der Waals surface area contributed by atoms with Gasteiger partial charge in [-0.2, -0.15) is 0 Å². The lowest BCUT2D eigenvalue weighted by atomic mass is 10.2. The SMILES string of the molecule is CNC(=S)N(Cc1ccccc1)Cc1c(=O)o[nH][n+]1C. The fourth-order valence-electron chi connectivity index (χ4n) is 1.87. The van der Waals surface area contributed by atoms with Gasteiger partial charge in [-0.1, -0.05) is 35.0 Å². The molecule has 0 saturated carbocycles. The summed E-state index contributed by atoms with van der Waals surface area (Å²) in [6.45, 7) is 0.988. The standard InChI is InChI=1S/C13H16N4O2S/c1-14-13(20)17(8-10-6-4-3-5-7-10)9-11-12(18)19-15-16(11)2/h3-7H,8-9H2,1-2H3,(H-,14,15,18,20)/p+1. The van der Waals surface area contributed by atoms with Crippen LogP contribution in [0.4, 0.5) is 0 Å². The number of thiocarbonyl (C=S) groups is 1. The molecule has 0 amide bonds. The van der Waals surface area contributed by atoms with E-state index in [2.05, 4.69) is 10.6 Å². The Labute approximate surface area is 122 Å². The van der Waals surface area contributed by atoms with Crippen LogP contribution in [0.2, 0.25) is 0 Å². The number of H-pyrrole nitrogens is 1. The molecule has 2 aromatic rings. The van der Waals surface area contributed by atoms with Crippen LogP contribution in [0, 0.1) is 0 Å². The Morgan fingerprint density at radius 3 is 2.65 bits per heavy atom. The summed E-state index contributed by atoms with van der Waals surface area (Å²) in [6.07, 6.45) is 0. The molecule has 0 atom stereocenters. The van der Waals surface area contributed by atoms with E-state index in [1.807, 2.05) is 35.2 Å². The van der Waals surface area contributed by atoms with Crippen molar-refractivity contribution >= 4 is 17.3 Å². The lowest BCUT2D eigenvalue weighted by Crippen LogP contribution is -2.44. The van der Waals surface area contributed by atoms with Gasteiger partial charge < -0.3 is 10.2 Å². The molecule has 7 heteroatoms. The van der Waals surface area contributed by atoms with Crippen molar-refractivity contribution in [1.82, 2.24) is 15.5 Å². The Balaban J connectivity index is 2.21. The minimum atomic E-state index is -0.385. The van der Waals surface area contributed by atoms with E-state index < -0.39 is 0 Å². The van der Waals surface area contributed by atoms with E-state index in [0.717, 1.165) is 5.56 Å². The molecule has 0 spiro atoms. The van der Waals surface area contributed by atoms with Crippen molar-refractivity contribution in [3.8, 4) is 0 Å². The van der Waals surface area contributed by atoms with Crippen LogP contribution in [-0.4, -0.2) is 22.3 Å². The van der Waals surface area contributed by atoms with Crippen LogP contribution in [0.5, 0.6) is 0 Å². The van der Waals surface area contributed by atoms with Crippen LogP contribution in [0.15, 0.2) is 39.6 Å². The van der Waals surface area contributed by atoms with E-state index in [-0.39, 0.29) is 5.63 Å². The van der Waals surface area contributed by atoms with Gasteiger partial charge in [0.25, 0.3) is 0 Å². The zero-order valence-electron chi connectivity index (χ0n) is 11.4. The predicted molar refractivity (Wildman–Crippen MR) is 77.9 cm³/mol. The zero-order chi connectivity index (χ0) is 14.5. The molecule has 0 aliphatic heterocycles. The third-order valence-corrected chi connectivity index (χ3v) is 3.44. The number of hydrogen-bond donors (Lipinski definition) is 2. The van der Waals surface area contributed by atoms with Gasteiger partial charge in [-0.05, 0) is 23.1 Å². The summed E-state index contributed by atoms with van der Waals surface area (Å²) in [5.74, 6) is 0. The van der Waals surface area contributed by atoms with Crippen molar-refractivity contribution < 1.29 is 9.20 Å². The highest BCUT2D eigenvalue weighted by atomic mass is 32.1. The van der Waals surface area contributed by atoms with Crippen LogP contribution < -0.4 is 15.6 Å². The van der Waals surface area contributed by atoms with Gasteiger partial charge in [0.15, 0.2) is 12.2 Å². The minimum Gasteiger partial charge on any atom is -0.366 e. The van der Waals surface area contributed by atoms with E-state index in [9.17, 15) is 4.79 Å². The van der Waals surface area contributed by atoms with Crippen LogP contribution in [-0.2, 0) is 20.1 Å². The first-order valence-electron chi connectivity index (χ1n) is 6.18. The van der Waals surface area contributed by atoms with Crippen LogP contribution in [0.25, 0.3) is 0 Å². The molecule has 0 radical (unpaired) electrons. The topological polar surface area (TPSA) is 65.2 Å². The molecule has 1 aromatic carbocycles. The van der Waals surface area contributed by atoms with Gasteiger partial charge in [-0.3, -0.25) is 4.52 Å². The first-order chi connectivity index (χ1) is 9.61. The number of aryl methyl sites for hydroxylation is 1. The maximum Gasteiger partial charge on any atom is 0.431 e. The molecule has 20 heavy (non-hydrogen) atoms. The molecule has 0 aliphatic carbocycles. The lowest BCUT2D eigenvalue weighted by Gasteiger charge is -2.22. The van der Waals surface area contributed by atoms with Crippen molar-refractivity contribution in [2.75, 3.05) is 7.05 Å². The van der Waals surface area contributed by atoms with Crippen molar-refractivity contribution in [1.29, 1.82) is 0 Å². The molecule has 0 fully saturated rings. The van der Waals surface area contributed by atoms with E-state index in [1.54, 1.807) is 18.8 Å². The summed E-state index contributed by atoms with van der Waals surface area (Å²) < 4.78 is 6.31. The molecule has 0 saturated heterocycles. The van der Waals surface area contributed by atoms with E-state index in [4.69, 9.17) is 16.7 Å². The molecule has 106 valence electrons. The van der Waals surface area contributed by atoms with Gasteiger partial charge >= 0.3 is 11.3 Å². The Morgan fingerprint density at radius 2 is 2.10 bits per heavy atom. The fourth-order valence-corrected chi connectivity index (χ4v) is 2.00. The highest BCUT2D eigenvalue weighted by molar-refractivity contribution is 7.80. The second kappa shape index (κ2) is 6.33. The van der Waals surface area contributed by atoms with Gasteiger partial charge in [0.2, 0.25) is 0 Å². The van der Waals surface area contributed by atoms with Gasteiger partial charge in [0, 0.05) is 13.6 Å². The van der Waals surface area contributed by atoms with E-state index >= 15 is 0 Å². The Kier molecular flexibility index (Phi) is 4.52. The average Bonchev–Trinajstić information content (AvgIpc) is 2.78. The van der Waals surface area contributed by atoms with E-state index in [1.165, 1.54) is 0 Å². The summed E-state index contributed by atoms with van der Waals surface area (Å²) >= 11 is 5.30. The quantitative estimate of drug-likeness (QED) is 0.627. The fraction of sp³-hybridized carbons (Fsp3) is 0.308. The third kappa shape index (κ3) is 3.24. The number of benzene rings is 1. The van der Waals surface area contributed by atoms with Crippen LogP contribution >= 0.6 is 12.2 Å². The summed E-state index contributed by atoms with van der Waals surface area (Å²) in [6, 6.07) is 9.95. The number of rotatable bonds is 4. The third-order valence-electron chi connectivity index (χ3n) is 2.97. The van der Waals surface area contributed by atoms with E-state index in [0.29, 0.717) is 23.9 Å². The largest absolute Gasteiger partial charge is 0.431 e.